The van der Waals surface area contributed by atoms with Crippen LogP contribution in [0.3, 0.4) is 0 Å². The minimum absolute atomic E-state index is 0.112. The summed E-state index contributed by atoms with van der Waals surface area (Å²) in [6.45, 7) is 4.99. The van der Waals surface area contributed by atoms with Crippen LogP contribution in [0.1, 0.15) is 25.5 Å². The molecule has 4 nitrogen and oxygen atoms in total. The molecular weight excluding hydrogens is 178 g/mol. The number of rotatable bonds is 5. The van der Waals surface area contributed by atoms with Crippen molar-refractivity contribution in [3.05, 3.63) is 24.3 Å². The zero-order chi connectivity index (χ0) is 10.4. The molecule has 78 valence electrons. The van der Waals surface area contributed by atoms with Crippen molar-refractivity contribution in [2.75, 3.05) is 13.7 Å². The summed E-state index contributed by atoms with van der Waals surface area (Å²) in [4.78, 5) is 8.00. The first-order valence-corrected chi connectivity index (χ1v) is 4.80. The van der Waals surface area contributed by atoms with Crippen LogP contribution in [0.25, 0.3) is 0 Å². The second kappa shape index (κ2) is 5.67. The molecule has 0 fully saturated rings. The van der Waals surface area contributed by atoms with Crippen molar-refractivity contribution in [3.63, 3.8) is 0 Å². The molecule has 0 saturated heterocycles. The highest BCUT2D eigenvalue weighted by atomic mass is 16.5. The number of aromatic nitrogens is 2. The maximum atomic E-state index is 5.30. The SMILES string of the molecule is CCNC(c1cncnc1)C(C)OC. The number of nitrogens with zero attached hydrogens (tertiary/aromatic N) is 2. The van der Waals surface area contributed by atoms with Gasteiger partial charge in [0.1, 0.15) is 6.33 Å². The molecule has 0 amide bonds. The fourth-order valence-electron chi connectivity index (χ4n) is 1.38. The van der Waals surface area contributed by atoms with Gasteiger partial charge in [0.25, 0.3) is 0 Å². The summed E-state index contributed by atoms with van der Waals surface area (Å²) in [5.41, 5.74) is 1.06. The number of ether oxygens (including phenoxy) is 1. The predicted molar refractivity (Wildman–Crippen MR) is 54.9 cm³/mol. The van der Waals surface area contributed by atoms with E-state index in [1.54, 1.807) is 7.11 Å². The number of hydrogen-bond donors (Lipinski definition) is 1. The summed E-state index contributed by atoms with van der Waals surface area (Å²) in [6.07, 6.45) is 5.27. The molecule has 0 bridgehead atoms. The summed E-state index contributed by atoms with van der Waals surface area (Å²) >= 11 is 0. The summed E-state index contributed by atoms with van der Waals surface area (Å²) < 4.78 is 5.30. The first-order valence-electron chi connectivity index (χ1n) is 4.80. The van der Waals surface area contributed by atoms with E-state index in [9.17, 15) is 0 Å². The van der Waals surface area contributed by atoms with E-state index in [-0.39, 0.29) is 12.1 Å². The van der Waals surface area contributed by atoms with Gasteiger partial charge in [-0.3, -0.25) is 0 Å². The summed E-state index contributed by atoms with van der Waals surface area (Å²) in [5, 5.41) is 3.34. The Morgan fingerprint density at radius 2 is 2.07 bits per heavy atom. The Bertz CT molecular complexity index is 253. The minimum atomic E-state index is 0.112. The van der Waals surface area contributed by atoms with Crippen LogP contribution >= 0.6 is 0 Å². The van der Waals surface area contributed by atoms with Gasteiger partial charge in [0.15, 0.2) is 0 Å². The van der Waals surface area contributed by atoms with E-state index in [0.717, 1.165) is 12.1 Å². The van der Waals surface area contributed by atoms with Gasteiger partial charge in [-0.1, -0.05) is 6.92 Å². The lowest BCUT2D eigenvalue weighted by molar-refractivity contribution is 0.0833. The smallest absolute Gasteiger partial charge is 0.115 e. The average Bonchev–Trinajstić information content (AvgIpc) is 2.26. The average molecular weight is 195 g/mol. The Morgan fingerprint density at radius 1 is 1.43 bits per heavy atom. The number of likely N-dealkylation sites (N-methyl/N-ethyl adjacent to an activating group) is 1. The fraction of sp³-hybridized carbons (Fsp3) is 0.600. The van der Waals surface area contributed by atoms with Gasteiger partial charge in [-0.2, -0.15) is 0 Å². The Morgan fingerprint density at radius 3 is 2.57 bits per heavy atom. The van der Waals surface area contributed by atoms with Gasteiger partial charge in [-0.05, 0) is 13.5 Å². The summed E-state index contributed by atoms with van der Waals surface area (Å²) in [7, 11) is 1.71. The highest BCUT2D eigenvalue weighted by molar-refractivity contribution is 5.10. The van der Waals surface area contributed by atoms with Crippen molar-refractivity contribution >= 4 is 0 Å². The molecule has 1 rings (SSSR count). The molecular formula is C10H17N3O. The molecule has 1 N–H and O–H groups in total. The molecule has 1 heterocycles. The summed E-state index contributed by atoms with van der Waals surface area (Å²) in [6, 6.07) is 0.159. The highest BCUT2D eigenvalue weighted by Gasteiger charge is 2.17. The number of nitrogens with one attached hydrogen (secondary N) is 1. The van der Waals surface area contributed by atoms with Crippen molar-refractivity contribution < 1.29 is 4.74 Å². The van der Waals surface area contributed by atoms with Crippen molar-refractivity contribution in [2.45, 2.75) is 26.0 Å². The third kappa shape index (κ3) is 2.75. The van der Waals surface area contributed by atoms with Crippen LogP contribution in [-0.2, 0) is 4.74 Å². The molecule has 0 saturated carbocycles. The number of hydrogen-bond acceptors (Lipinski definition) is 4. The first kappa shape index (κ1) is 11.1. The molecule has 0 aliphatic carbocycles. The molecule has 1 aromatic heterocycles. The molecule has 1 aromatic rings. The fourth-order valence-corrected chi connectivity index (χ4v) is 1.38. The number of methoxy groups -OCH3 is 1. The van der Waals surface area contributed by atoms with E-state index < -0.39 is 0 Å². The topological polar surface area (TPSA) is 47.0 Å². The van der Waals surface area contributed by atoms with E-state index in [2.05, 4.69) is 22.2 Å². The molecule has 14 heavy (non-hydrogen) atoms. The zero-order valence-electron chi connectivity index (χ0n) is 8.90. The molecule has 4 heteroatoms. The van der Waals surface area contributed by atoms with Crippen LogP contribution in [0.15, 0.2) is 18.7 Å². The van der Waals surface area contributed by atoms with Crippen molar-refractivity contribution in [1.29, 1.82) is 0 Å². The van der Waals surface area contributed by atoms with Crippen molar-refractivity contribution in [1.82, 2.24) is 15.3 Å². The van der Waals surface area contributed by atoms with Crippen LogP contribution in [0.4, 0.5) is 0 Å². The molecule has 2 unspecified atom stereocenters. The third-order valence-corrected chi connectivity index (χ3v) is 2.20. The monoisotopic (exact) mass is 195 g/mol. The molecule has 0 aliphatic heterocycles. The second-order valence-corrected chi connectivity index (χ2v) is 3.15. The molecule has 2 atom stereocenters. The normalized spacial score (nSPS) is 15.1. The first-order chi connectivity index (χ1) is 6.79. The van der Waals surface area contributed by atoms with Crippen LogP contribution in [0, 0.1) is 0 Å². The lowest BCUT2D eigenvalue weighted by Crippen LogP contribution is -2.31. The van der Waals surface area contributed by atoms with Crippen LogP contribution in [0.2, 0.25) is 0 Å². The van der Waals surface area contributed by atoms with E-state index in [4.69, 9.17) is 4.74 Å². The Hall–Kier alpha value is -1.00. The van der Waals surface area contributed by atoms with Crippen LogP contribution < -0.4 is 5.32 Å². The van der Waals surface area contributed by atoms with Gasteiger partial charge < -0.3 is 10.1 Å². The Labute approximate surface area is 84.7 Å². The van der Waals surface area contributed by atoms with E-state index >= 15 is 0 Å². The molecule has 0 aromatic carbocycles. The van der Waals surface area contributed by atoms with Crippen molar-refractivity contribution in [3.8, 4) is 0 Å². The molecule has 0 radical (unpaired) electrons. The van der Waals surface area contributed by atoms with Gasteiger partial charge in [-0.15, -0.1) is 0 Å². The van der Waals surface area contributed by atoms with Gasteiger partial charge in [0.05, 0.1) is 12.1 Å². The zero-order valence-corrected chi connectivity index (χ0v) is 8.90. The Kier molecular flexibility index (Phi) is 4.49. The standard InChI is InChI=1S/C10H17N3O/c1-4-13-10(8(2)14-3)9-5-11-7-12-6-9/h5-8,10,13H,4H2,1-3H3. The quantitative estimate of drug-likeness (QED) is 0.766. The minimum Gasteiger partial charge on any atom is -0.380 e. The molecule has 0 aliphatic rings. The predicted octanol–water partition coefficient (Wildman–Crippen LogP) is 1.16. The Balaban J connectivity index is 2.77. The van der Waals surface area contributed by atoms with Crippen LogP contribution in [0.5, 0.6) is 0 Å². The third-order valence-electron chi connectivity index (χ3n) is 2.20. The lowest BCUT2D eigenvalue weighted by Gasteiger charge is -2.23. The van der Waals surface area contributed by atoms with Gasteiger partial charge >= 0.3 is 0 Å². The van der Waals surface area contributed by atoms with Gasteiger partial charge in [-0.25, -0.2) is 9.97 Å². The van der Waals surface area contributed by atoms with Gasteiger partial charge in [0, 0.05) is 25.1 Å². The summed E-state index contributed by atoms with van der Waals surface area (Å²) in [5.74, 6) is 0. The van der Waals surface area contributed by atoms with E-state index in [1.165, 1.54) is 6.33 Å². The maximum Gasteiger partial charge on any atom is 0.115 e. The van der Waals surface area contributed by atoms with E-state index in [0.29, 0.717) is 0 Å². The van der Waals surface area contributed by atoms with Crippen molar-refractivity contribution in [2.24, 2.45) is 0 Å². The molecule has 0 spiro atoms. The largest absolute Gasteiger partial charge is 0.380 e. The maximum absolute atomic E-state index is 5.30. The van der Waals surface area contributed by atoms with Crippen LogP contribution in [-0.4, -0.2) is 29.7 Å². The second-order valence-electron chi connectivity index (χ2n) is 3.15. The highest BCUT2D eigenvalue weighted by Crippen LogP contribution is 2.16. The lowest BCUT2D eigenvalue weighted by atomic mass is 10.1. The van der Waals surface area contributed by atoms with E-state index in [1.807, 2.05) is 19.3 Å². The van der Waals surface area contributed by atoms with Gasteiger partial charge in [0.2, 0.25) is 0 Å².